The molecule has 0 bridgehead atoms. The van der Waals surface area contributed by atoms with Gasteiger partial charge in [0, 0.05) is 5.56 Å². The summed E-state index contributed by atoms with van der Waals surface area (Å²) in [4.78, 5) is 0. The van der Waals surface area contributed by atoms with Crippen LogP contribution in [0.4, 0.5) is 8.78 Å². The van der Waals surface area contributed by atoms with Gasteiger partial charge in [0.25, 0.3) is 0 Å². The van der Waals surface area contributed by atoms with Gasteiger partial charge < -0.3 is 0 Å². The summed E-state index contributed by atoms with van der Waals surface area (Å²) in [5, 5.41) is 11.6. The number of aromatic nitrogens is 2. The van der Waals surface area contributed by atoms with E-state index >= 15 is 0 Å². The average Bonchev–Trinajstić information content (AvgIpc) is 2.30. The van der Waals surface area contributed by atoms with Crippen molar-refractivity contribution in [3.05, 3.63) is 17.5 Å². The molecule has 0 aliphatic carbocycles. The van der Waals surface area contributed by atoms with E-state index in [1.807, 2.05) is 0 Å². The fourth-order valence-electron chi connectivity index (χ4n) is 0.680. The quantitative estimate of drug-likeness (QED) is 0.614. The molecule has 0 aromatic carbocycles. The Balaban J connectivity index is 3.19. The smallest absolute Gasteiger partial charge is 0.193 e. The van der Waals surface area contributed by atoms with Crippen LogP contribution in [0.5, 0.6) is 0 Å². The maximum atomic E-state index is 12.0. The third-order valence-corrected chi connectivity index (χ3v) is 1.20. The summed E-state index contributed by atoms with van der Waals surface area (Å²) < 4.78 is 24.3. The summed E-state index contributed by atoms with van der Waals surface area (Å²) in [6.45, 7) is -1.26. The van der Waals surface area contributed by atoms with E-state index in [2.05, 4.69) is 11.3 Å². The Labute approximate surface area is 61.9 Å². The largest absolute Gasteiger partial charge is 0.334 e. The van der Waals surface area contributed by atoms with Crippen molar-refractivity contribution in [2.45, 2.75) is 13.5 Å². The minimum atomic E-state index is -2.77. The van der Waals surface area contributed by atoms with Crippen molar-refractivity contribution < 1.29 is 8.78 Å². The van der Waals surface area contributed by atoms with Gasteiger partial charge in [0.2, 0.25) is 0 Å². The molecule has 0 aliphatic rings. The Morgan fingerprint density at radius 1 is 1.73 bits per heavy atom. The first-order valence-corrected chi connectivity index (χ1v) is 2.82. The lowest BCUT2D eigenvalue weighted by Crippen LogP contribution is -2.02. The Kier molecular flexibility index (Phi) is 1.85. The van der Waals surface area contributed by atoms with Crippen molar-refractivity contribution in [3.63, 3.8) is 0 Å². The molecule has 1 rings (SSSR count). The molecule has 3 nitrogen and oxygen atoms in total. The summed E-state index contributed by atoms with van der Waals surface area (Å²) in [6, 6.07) is 1.61. The second-order valence-electron chi connectivity index (χ2n) is 1.92. The number of aryl methyl sites for hydroxylation is 1. The second-order valence-corrected chi connectivity index (χ2v) is 1.92. The van der Waals surface area contributed by atoms with E-state index in [0.29, 0.717) is 10.2 Å². The molecule has 57 valence electrons. The summed E-state index contributed by atoms with van der Waals surface area (Å²) in [5.74, 6) is 0. The van der Waals surface area contributed by atoms with Gasteiger partial charge in [-0.25, -0.2) is 0 Å². The third kappa shape index (κ3) is 1.19. The fraction of sp³-hybridized carbons (Fsp3) is 0.333. The van der Waals surface area contributed by atoms with Crippen molar-refractivity contribution >= 4 is 0 Å². The SMILES string of the molecule is Cc1[c]nn(C(F)F)c1C#N. The number of nitrogens with zero attached hydrogens (tertiary/aromatic N) is 3. The van der Waals surface area contributed by atoms with E-state index in [1.165, 1.54) is 6.92 Å². The monoisotopic (exact) mass is 156 g/mol. The summed E-state index contributed by atoms with van der Waals surface area (Å²) in [6.07, 6.45) is 2.28. The van der Waals surface area contributed by atoms with Crippen molar-refractivity contribution in [3.8, 4) is 6.07 Å². The number of halogens is 2. The maximum absolute atomic E-state index is 12.0. The molecule has 0 fully saturated rings. The molecular weight excluding hydrogens is 152 g/mol. The zero-order valence-corrected chi connectivity index (χ0v) is 5.67. The average molecular weight is 156 g/mol. The summed E-state index contributed by atoms with van der Waals surface area (Å²) in [5.41, 5.74) is 0.202. The van der Waals surface area contributed by atoms with Gasteiger partial charge in [-0.2, -0.15) is 23.8 Å². The molecule has 1 heterocycles. The van der Waals surface area contributed by atoms with Gasteiger partial charge >= 0.3 is 6.55 Å². The highest BCUT2D eigenvalue weighted by molar-refractivity contribution is 5.27. The molecule has 0 amide bonds. The predicted octanol–water partition coefficient (Wildman–Crippen LogP) is 1.26. The van der Waals surface area contributed by atoms with Gasteiger partial charge in [-0.1, -0.05) is 0 Å². The van der Waals surface area contributed by atoms with Crippen LogP contribution in [-0.4, -0.2) is 9.78 Å². The molecule has 0 aliphatic heterocycles. The van der Waals surface area contributed by atoms with Crippen LogP contribution < -0.4 is 0 Å². The van der Waals surface area contributed by atoms with Crippen LogP contribution in [0, 0.1) is 24.5 Å². The van der Waals surface area contributed by atoms with Crippen molar-refractivity contribution in [2.75, 3.05) is 0 Å². The Bertz CT molecular complexity index is 297. The first-order chi connectivity index (χ1) is 5.16. The number of rotatable bonds is 1. The van der Waals surface area contributed by atoms with E-state index in [0.717, 1.165) is 0 Å². The van der Waals surface area contributed by atoms with E-state index in [1.54, 1.807) is 6.07 Å². The van der Waals surface area contributed by atoms with E-state index in [9.17, 15) is 8.78 Å². The highest BCUT2D eigenvalue weighted by Crippen LogP contribution is 2.13. The minimum absolute atomic E-state index is 0.139. The molecule has 0 N–H and O–H groups in total. The number of hydrogen-bond acceptors (Lipinski definition) is 2. The normalized spacial score (nSPS) is 10.1. The van der Waals surface area contributed by atoms with Gasteiger partial charge in [0.05, 0.1) is 0 Å². The maximum Gasteiger partial charge on any atom is 0.334 e. The fourth-order valence-corrected chi connectivity index (χ4v) is 0.680. The van der Waals surface area contributed by atoms with E-state index in [-0.39, 0.29) is 5.69 Å². The van der Waals surface area contributed by atoms with Crippen molar-refractivity contribution in [1.82, 2.24) is 9.78 Å². The Hall–Kier alpha value is -1.44. The topological polar surface area (TPSA) is 41.6 Å². The summed E-state index contributed by atoms with van der Waals surface area (Å²) >= 11 is 0. The lowest BCUT2D eigenvalue weighted by Gasteiger charge is -1.98. The van der Waals surface area contributed by atoms with Gasteiger partial charge in [0.1, 0.15) is 18.0 Å². The van der Waals surface area contributed by atoms with Crippen LogP contribution in [0.2, 0.25) is 0 Å². The van der Waals surface area contributed by atoms with Gasteiger partial charge in [0.15, 0.2) is 0 Å². The third-order valence-electron chi connectivity index (χ3n) is 1.20. The van der Waals surface area contributed by atoms with Gasteiger partial charge in [-0.3, -0.25) is 0 Å². The van der Waals surface area contributed by atoms with E-state index in [4.69, 9.17) is 5.26 Å². The van der Waals surface area contributed by atoms with Gasteiger partial charge in [-0.05, 0) is 6.92 Å². The molecule has 0 spiro atoms. The number of nitriles is 1. The lowest BCUT2D eigenvalue weighted by atomic mass is 10.3. The number of alkyl halides is 2. The zero-order valence-electron chi connectivity index (χ0n) is 5.67. The molecule has 1 radical (unpaired) electrons. The van der Waals surface area contributed by atoms with Crippen molar-refractivity contribution in [1.29, 1.82) is 5.26 Å². The molecule has 0 unspecified atom stereocenters. The minimum Gasteiger partial charge on any atom is -0.193 e. The van der Waals surface area contributed by atoms with Crippen LogP contribution >= 0.6 is 0 Å². The van der Waals surface area contributed by atoms with Crippen LogP contribution in [0.1, 0.15) is 17.8 Å². The Morgan fingerprint density at radius 2 is 2.36 bits per heavy atom. The molecular formula is C6H4F2N3. The highest BCUT2D eigenvalue weighted by Gasteiger charge is 2.14. The summed E-state index contributed by atoms with van der Waals surface area (Å²) in [7, 11) is 0. The molecule has 11 heavy (non-hydrogen) atoms. The number of hydrogen-bond donors (Lipinski definition) is 0. The molecule has 5 heteroatoms. The zero-order chi connectivity index (χ0) is 8.43. The predicted molar refractivity (Wildman–Crippen MR) is 31.8 cm³/mol. The molecule has 0 saturated carbocycles. The molecule has 1 aromatic heterocycles. The lowest BCUT2D eigenvalue weighted by molar-refractivity contribution is 0.0555. The molecule has 0 saturated heterocycles. The first-order valence-electron chi connectivity index (χ1n) is 2.82. The second kappa shape index (κ2) is 2.66. The molecule has 0 atom stereocenters. The first kappa shape index (κ1) is 7.66. The van der Waals surface area contributed by atoms with Crippen LogP contribution in [0.25, 0.3) is 0 Å². The highest BCUT2D eigenvalue weighted by atomic mass is 19.3. The van der Waals surface area contributed by atoms with Gasteiger partial charge in [-0.15, -0.1) is 0 Å². The van der Waals surface area contributed by atoms with Crippen molar-refractivity contribution in [2.24, 2.45) is 0 Å². The van der Waals surface area contributed by atoms with Crippen LogP contribution in [0.3, 0.4) is 0 Å². The standard InChI is InChI=1S/C6H4F2N3/c1-4-3-10-11(6(7)8)5(4)2-9/h6H,1H3. The van der Waals surface area contributed by atoms with Crippen LogP contribution in [-0.2, 0) is 0 Å². The van der Waals surface area contributed by atoms with Crippen LogP contribution in [0.15, 0.2) is 0 Å². The Morgan fingerprint density at radius 3 is 2.73 bits per heavy atom. The van der Waals surface area contributed by atoms with E-state index < -0.39 is 6.55 Å². The molecule has 1 aromatic rings.